The van der Waals surface area contributed by atoms with Crippen LogP contribution in [0.2, 0.25) is 0 Å². The number of aryl methyl sites for hydroxylation is 1. The van der Waals surface area contributed by atoms with Crippen LogP contribution in [-0.2, 0) is 25.8 Å². The predicted octanol–water partition coefficient (Wildman–Crippen LogP) is 2.41. The van der Waals surface area contributed by atoms with Crippen LogP contribution in [0.4, 0.5) is 0 Å². The molecule has 6 heteroatoms. The monoisotopic (exact) mass is 353 g/mol. The number of nitrogens with one attached hydrogen (secondary N) is 1. The lowest BCUT2D eigenvalue weighted by atomic mass is 9.91. The van der Waals surface area contributed by atoms with Gasteiger partial charge in [0.2, 0.25) is 5.91 Å². The van der Waals surface area contributed by atoms with Gasteiger partial charge >= 0.3 is 0 Å². The van der Waals surface area contributed by atoms with E-state index in [-0.39, 0.29) is 6.10 Å². The summed E-state index contributed by atoms with van der Waals surface area (Å²) in [5, 5.41) is 2.12. The summed E-state index contributed by atoms with van der Waals surface area (Å²) in [5.41, 5.74) is 1.95. The number of rotatable bonds is 8. The van der Waals surface area contributed by atoms with Gasteiger partial charge in [0, 0.05) is 13.2 Å². The standard InChI is InChI=1S/C18H27NO4S/c1-14(2)23-12-6-11-19-18(20)13-24(21,22)17-10-5-8-15-7-3-4-9-16(15)17/h3-4,7,9,14,17H,5-6,8,10-13H2,1-2H3,(H,19,20)/t17-/m1/s1. The fourth-order valence-electron chi connectivity index (χ4n) is 3.04. The summed E-state index contributed by atoms with van der Waals surface area (Å²) < 4.78 is 30.7. The van der Waals surface area contributed by atoms with Crippen LogP contribution < -0.4 is 5.32 Å². The number of fused-ring (bicyclic) bond motifs is 1. The van der Waals surface area contributed by atoms with Crippen LogP contribution in [-0.4, -0.2) is 39.3 Å². The van der Waals surface area contributed by atoms with Crippen LogP contribution >= 0.6 is 0 Å². The second-order valence-corrected chi connectivity index (χ2v) is 8.69. The maximum absolute atomic E-state index is 12.7. The summed E-state index contributed by atoms with van der Waals surface area (Å²) in [5.74, 6) is -0.876. The van der Waals surface area contributed by atoms with Gasteiger partial charge in [-0.1, -0.05) is 24.3 Å². The molecular weight excluding hydrogens is 326 g/mol. The molecule has 1 atom stereocenters. The van der Waals surface area contributed by atoms with Gasteiger partial charge in [0.25, 0.3) is 0 Å². The maximum atomic E-state index is 12.7. The van der Waals surface area contributed by atoms with E-state index in [2.05, 4.69) is 5.32 Å². The summed E-state index contributed by atoms with van der Waals surface area (Å²) in [7, 11) is -3.50. The third kappa shape index (κ3) is 5.31. The normalized spacial score (nSPS) is 17.5. The highest BCUT2D eigenvalue weighted by molar-refractivity contribution is 7.92. The lowest BCUT2D eigenvalue weighted by Crippen LogP contribution is -2.34. The second-order valence-electron chi connectivity index (χ2n) is 6.51. The van der Waals surface area contributed by atoms with E-state index in [0.29, 0.717) is 26.0 Å². The van der Waals surface area contributed by atoms with Crippen molar-refractivity contribution >= 4 is 15.7 Å². The summed E-state index contributed by atoms with van der Waals surface area (Å²) in [6, 6.07) is 7.64. The van der Waals surface area contributed by atoms with E-state index in [1.165, 1.54) is 0 Å². The van der Waals surface area contributed by atoms with Crippen LogP contribution in [0.1, 0.15) is 49.5 Å². The largest absolute Gasteiger partial charge is 0.379 e. The molecule has 24 heavy (non-hydrogen) atoms. The van der Waals surface area contributed by atoms with Gasteiger partial charge in [0.1, 0.15) is 5.75 Å². The lowest BCUT2D eigenvalue weighted by molar-refractivity contribution is -0.118. The number of hydrogen-bond acceptors (Lipinski definition) is 4. The Labute approximate surface area is 144 Å². The highest BCUT2D eigenvalue weighted by Crippen LogP contribution is 2.35. The Morgan fingerprint density at radius 1 is 1.33 bits per heavy atom. The Bertz CT molecular complexity index is 655. The molecule has 1 amide bonds. The Kier molecular flexibility index (Phi) is 6.80. The van der Waals surface area contributed by atoms with Crippen molar-refractivity contribution in [2.75, 3.05) is 18.9 Å². The van der Waals surface area contributed by atoms with Gasteiger partial charge in [0.15, 0.2) is 9.84 Å². The topological polar surface area (TPSA) is 72.5 Å². The van der Waals surface area contributed by atoms with E-state index in [1.807, 2.05) is 38.1 Å². The zero-order chi connectivity index (χ0) is 17.6. The van der Waals surface area contributed by atoms with Crippen LogP contribution in [0.15, 0.2) is 24.3 Å². The van der Waals surface area contributed by atoms with E-state index >= 15 is 0 Å². The molecule has 0 unspecified atom stereocenters. The molecule has 134 valence electrons. The van der Waals surface area contributed by atoms with Crippen molar-refractivity contribution in [2.45, 2.75) is 50.9 Å². The van der Waals surface area contributed by atoms with Crippen molar-refractivity contribution in [1.29, 1.82) is 0 Å². The summed E-state index contributed by atoms with van der Waals surface area (Å²) in [4.78, 5) is 12.0. The van der Waals surface area contributed by atoms with Crippen molar-refractivity contribution in [3.63, 3.8) is 0 Å². The molecule has 1 aliphatic rings. The van der Waals surface area contributed by atoms with E-state index in [1.54, 1.807) is 0 Å². The molecule has 1 aromatic rings. The molecular formula is C18H27NO4S. The Balaban J connectivity index is 1.89. The van der Waals surface area contributed by atoms with Gasteiger partial charge in [-0.3, -0.25) is 4.79 Å². The molecule has 0 heterocycles. The van der Waals surface area contributed by atoms with Gasteiger partial charge in [-0.15, -0.1) is 0 Å². The highest BCUT2D eigenvalue weighted by Gasteiger charge is 2.32. The van der Waals surface area contributed by atoms with Crippen molar-refractivity contribution in [1.82, 2.24) is 5.32 Å². The van der Waals surface area contributed by atoms with Gasteiger partial charge < -0.3 is 10.1 Å². The molecule has 0 bridgehead atoms. The molecule has 5 nitrogen and oxygen atoms in total. The van der Waals surface area contributed by atoms with Gasteiger partial charge in [-0.05, 0) is 50.7 Å². The average molecular weight is 353 g/mol. The molecule has 0 aromatic heterocycles. The van der Waals surface area contributed by atoms with Gasteiger partial charge in [-0.25, -0.2) is 8.42 Å². The number of benzene rings is 1. The minimum absolute atomic E-state index is 0.160. The summed E-state index contributed by atoms with van der Waals surface area (Å²) in [6.07, 6.45) is 3.18. The first-order valence-electron chi connectivity index (χ1n) is 8.58. The fourth-order valence-corrected chi connectivity index (χ4v) is 4.85. The minimum atomic E-state index is -3.50. The van der Waals surface area contributed by atoms with Crippen molar-refractivity contribution < 1.29 is 17.9 Å². The second kappa shape index (κ2) is 8.62. The quantitative estimate of drug-likeness (QED) is 0.729. The molecule has 0 saturated carbocycles. The highest BCUT2D eigenvalue weighted by atomic mass is 32.2. The molecule has 0 aliphatic heterocycles. The lowest BCUT2D eigenvalue weighted by Gasteiger charge is -2.25. The molecule has 2 rings (SSSR count). The molecule has 1 aliphatic carbocycles. The van der Waals surface area contributed by atoms with Crippen molar-refractivity contribution in [3.8, 4) is 0 Å². The van der Waals surface area contributed by atoms with Crippen molar-refractivity contribution in [3.05, 3.63) is 35.4 Å². The minimum Gasteiger partial charge on any atom is -0.379 e. The number of ether oxygens (including phenoxy) is 1. The predicted molar refractivity (Wildman–Crippen MR) is 94.6 cm³/mol. The fraction of sp³-hybridized carbons (Fsp3) is 0.611. The van der Waals surface area contributed by atoms with Crippen LogP contribution in [0.3, 0.4) is 0 Å². The third-order valence-electron chi connectivity index (χ3n) is 4.17. The average Bonchev–Trinajstić information content (AvgIpc) is 2.53. The SMILES string of the molecule is CC(C)OCCCNC(=O)CS(=O)(=O)[C@@H]1CCCc2ccccc21. The Morgan fingerprint density at radius 2 is 2.08 bits per heavy atom. The number of sulfone groups is 1. The molecule has 1 N–H and O–H groups in total. The zero-order valence-electron chi connectivity index (χ0n) is 14.5. The molecule has 1 aromatic carbocycles. The van der Waals surface area contributed by atoms with Gasteiger partial charge in [-0.2, -0.15) is 0 Å². The molecule has 0 radical (unpaired) electrons. The van der Waals surface area contributed by atoms with E-state index in [0.717, 1.165) is 24.0 Å². The van der Waals surface area contributed by atoms with E-state index in [9.17, 15) is 13.2 Å². The Hall–Kier alpha value is -1.40. The smallest absolute Gasteiger partial charge is 0.235 e. The third-order valence-corrected chi connectivity index (χ3v) is 6.20. The number of carbonyl (C=O) groups excluding carboxylic acids is 1. The number of hydrogen-bond donors (Lipinski definition) is 1. The maximum Gasteiger partial charge on any atom is 0.235 e. The zero-order valence-corrected chi connectivity index (χ0v) is 15.3. The van der Waals surface area contributed by atoms with Crippen LogP contribution in [0.5, 0.6) is 0 Å². The first-order chi connectivity index (χ1) is 11.4. The number of carbonyl (C=O) groups is 1. The first kappa shape index (κ1) is 18.9. The summed E-state index contributed by atoms with van der Waals surface area (Å²) >= 11 is 0. The van der Waals surface area contributed by atoms with Gasteiger partial charge in [0.05, 0.1) is 11.4 Å². The summed E-state index contributed by atoms with van der Waals surface area (Å²) in [6.45, 7) is 4.89. The number of amides is 1. The molecule has 0 saturated heterocycles. The van der Waals surface area contributed by atoms with Crippen molar-refractivity contribution in [2.24, 2.45) is 0 Å². The van der Waals surface area contributed by atoms with Crippen LogP contribution in [0.25, 0.3) is 0 Å². The van der Waals surface area contributed by atoms with E-state index in [4.69, 9.17) is 4.74 Å². The van der Waals surface area contributed by atoms with Crippen LogP contribution in [0, 0.1) is 0 Å². The Morgan fingerprint density at radius 3 is 2.83 bits per heavy atom. The molecule has 0 fully saturated rings. The van der Waals surface area contributed by atoms with E-state index < -0.39 is 26.7 Å². The molecule has 0 spiro atoms. The first-order valence-corrected chi connectivity index (χ1v) is 10.3.